The molecular formula is C20H32O2. The summed E-state index contributed by atoms with van der Waals surface area (Å²) < 4.78 is 0. The third-order valence-corrected chi connectivity index (χ3v) is 5.54. The van der Waals surface area contributed by atoms with E-state index in [0.717, 1.165) is 37.7 Å². The van der Waals surface area contributed by atoms with E-state index in [4.69, 9.17) is 0 Å². The molecule has 2 aliphatic carbocycles. The number of aliphatic hydroxyl groups is 2. The second-order valence-corrected chi connectivity index (χ2v) is 8.16. The fourth-order valence-corrected chi connectivity index (χ4v) is 4.17. The van der Waals surface area contributed by atoms with Gasteiger partial charge in [0.05, 0.1) is 11.7 Å². The van der Waals surface area contributed by atoms with E-state index >= 15 is 0 Å². The molecule has 0 aromatic rings. The maximum absolute atomic E-state index is 10.9. The van der Waals surface area contributed by atoms with Crippen LogP contribution in [0.3, 0.4) is 0 Å². The first-order valence-electron chi connectivity index (χ1n) is 8.57. The van der Waals surface area contributed by atoms with Gasteiger partial charge in [0, 0.05) is 5.92 Å². The van der Waals surface area contributed by atoms with Crippen LogP contribution in [0.15, 0.2) is 35.5 Å². The van der Waals surface area contributed by atoms with E-state index in [1.807, 2.05) is 13.8 Å². The first kappa shape index (κ1) is 17.5. The van der Waals surface area contributed by atoms with Gasteiger partial charge in [-0.2, -0.15) is 0 Å². The highest BCUT2D eigenvalue weighted by Gasteiger charge is 2.47. The molecule has 0 aromatic carbocycles. The quantitative estimate of drug-likeness (QED) is 0.698. The van der Waals surface area contributed by atoms with Gasteiger partial charge in [-0.15, -0.1) is 0 Å². The van der Waals surface area contributed by atoms with Gasteiger partial charge in [-0.3, -0.25) is 0 Å². The predicted octanol–water partition coefficient (Wildman–Crippen LogP) is 4.54. The van der Waals surface area contributed by atoms with Gasteiger partial charge >= 0.3 is 0 Å². The van der Waals surface area contributed by atoms with Crippen LogP contribution in [0.5, 0.6) is 0 Å². The molecule has 0 radical (unpaired) electrons. The van der Waals surface area contributed by atoms with Gasteiger partial charge in [0.1, 0.15) is 0 Å². The van der Waals surface area contributed by atoms with Gasteiger partial charge in [-0.05, 0) is 70.3 Å². The van der Waals surface area contributed by atoms with E-state index in [0.29, 0.717) is 6.42 Å². The maximum atomic E-state index is 10.9. The lowest BCUT2D eigenvalue weighted by Gasteiger charge is -2.40. The van der Waals surface area contributed by atoms with Crippen LogP contribution in [0.4, 0.5) is 0 Å². The Morgan fingerprint density at radius 1 is 1.27 bits per heavy atom. The van der Waals surface area contributed by atoms with Crippen molar-refractivity contribution >= 4 is 0 Å². The summed E-state index contributed by atoms with van der Waals surface area (Å²) in [4.78, 5) is 0. The van der Waals surface area contributed by atoms with E-state index < -0.39 is 11.7 Å². The molecule has 0 bridgehead atoms. The standard InChI is InChI=1S/C20H32O2/c1-14-7-6-8-15(2)13-17(21)18-16(19(3,4)22)10-12-20(18,5)11-9-14/h8,10,17-18,21-22H,1,6-7,9,11-13H2,2-5H3. The fraction of sp³-hybridized carbons (Fsp3) is 0.700. The molecule has 0 heterocycles. The van der Waals surface area contributed by atoms with E-state index in [1.54, 1.807) is 0 Å². The van der Waals surface area contributed by atoms with E-state index in [9.17, 15) is 10.2 Å². The van der Waals surface area contributed by atoms with Crippen LogP contribution in [0.1, 0.15) is 66.2 Å². The van der Waals surface area contributed by atoms with Crippen LogP contribution >= 0.6 is 0 Å². The highest BCUT2D eigenvalue weighted by atomic mass is 16.3. The van der Waals surface area contributed by atoms with Gasteiger partial charge in [-0.25, -0.2) is 0 Å². The Labute approximate surface area is 135 Å². The highest BCUT2D eigenvalue weighted by molar-refractivity contribution is 5.29. The van der Waals surface area contributed by atoms with Gasteiger partial charge in [0.2, 0.25) is 0 Å². The number of aliphatic hydroxyl groups excluding tert-OH is 1. The molecule has 22 heavy (non-hydrogen) atoms. The van der Waals surface area contributed by atoms with Crippen molar-refractivity contribution < 1.29 is 10.2 Å². The highest BCUT2D eigenvalue weighted by Crippen LogP contribution is 2.52. The topological polar surface area (TPSA) is 40.5 Å². The molecule has 2 rings (SSSR count). The molecule has 0 saturated heterocycles. The molecule has 0 aliphatic heterocycles. The molecular weight excluding hydrogens is 272 g/mol. The Balaban J connectivity index is 2.35. The Morgan fingerprint density at radius 2 is 1.95 bits per heavy atom. The molecule has 2 nitrogen and oxygen atoms in total. The lowest BCUT2D eigenvalue weighted by atomic mass is 9.67. The Hall–Kier alpha value is -0.860. The Morgan fingerprint density at radius 3 is 2.59 bits per heavy atom. The Bertz CT molecular complexity index is 492. The average molecular weight is 304 g/mol. The van der Waals surface area contributed by atoms with Crippen molar-refractivity contribution in [3.63, 3.8) is 0 Å². The number of allylic oxidation sites excluding steroid dienone is 3. The molecule has 0 spiro atoms. The smallest absolute Gasteiger partial charge is 0.0804 e. The minimum Gasteiger partial charge on any atom is -0.392 e. The van der Waals surface area contributed by atoms with Crippen molar-refractivity contribution in [3.8, 4) is 0 Å². The van der Waals surface area contributed by atoms with Crippen molar-refractivity contribution in [1.82, 2.24) is 0 Å². The number of fused-ring (bicyclic) bond motifs is 1. The normalized spacial score (nSPS) is 34.5. The first-order valence-corrected chi connectivity index (χ1v) is 8.57. The van der Waals surface area contributed by atoms with Crippen molar-refractivity contribution in [1.29, 1.82) is 0 Å². The zero-order valence-corrected chi connectivity index (χ0v) is 14.7. The monoisotopic (exact) mass is 304 g/mol. The van der Waals surface area contributed by atoms with Gasteiger partial charge in [-0.1, -0.05) is 36.8 Å². The van der Waals surface area contributed by atoms with E-state index in [2.05, 4.69) is 32.6 Å². The summed E-state index contributed by atoms with van der Waals surface area (Å²) in [6, 6.07) is 0. The van der Waals surface area contributed by atoms with Gasteiger partial charge in [0.15, 0.2) is 0 Å². The SMILES string of the molecule is C=C1CCC=C(C)CC(O)C2C(C(C)(C)O)=CCC2(C)CC1. The second kappa shape index (κ2) is 6.33. The molecule has 3 atom stereocenters. The largest absolute Gasteiger partial charge is 0.392 e. The van der Waals surface area contributed by atoms with Crippen LogP contribution in [-0.2, 0) is 0 Å². The molecule has 0 amide bonds. The summed E-state index contributed by atoms with van der Waals surface area (Å²) in [7, 11) is 0. The summed E-state index contributed by atoms with van der Waals surface area (Å²) in [5.74, 6) is 0.0294. The van der Waals surface area contributed by atoms with Crippen molar-refractivity contribution in [2.45, 2.75) is 77.9 Å². The van der Waals surface area contributed by atoms with Crippen LogP contribution in [0.25, 0.3) is 0 Å². The van der Waals surface area contributed by atoms with E-state index in [1.165, 1.54) is 11.1 Å². The zero-order chi connectivity index (χ0) is 16.5. The lowest BCUT2D eigenvalue weighted by Crippen LogP contribution is -2.40. The molecule has 0 saturated carbocycles. The lowest BCUT2D eigenvalue weighted by molar-refractivity contribution is 0.0223. The fourth-order valence-electron chi connectivity index (χ4n) is 4.17. The Kier molecular flexibility index (Phi) is 5.03. The average Bonchev–Trinajstić information content (AvgIpc) is 2.73. The number of hydrogen-bond acceptors (Lipinski definition) is 2. The third-order valence-electron chi connectivity index (χ3n) is 5.54. The maximum Gasteiger partial charge on any atom is 0.0804 e. The summed E-state index contributed by atoms with van der Waals surface area (Å²) in [6.07, 6.45) is 9.72. The van der Waals surface area contributed by atoms with Crippen LogP contribution in [0, 0.1) is 11.3 Å². The first-order chi connectivity index (χ1) is 10.1. The van der Waals surface area contributed by atoms with Crippen LogP contribution in [0.2, 0.25) is 0 Å². The zero-order valence-electron chi connectivity index (χ0n) is 14.7. The molecule has 2 aliphatic rings. The van der Waals surface area contributed by atoms with Crippen LogP contribution in [-0.4, -0.2) is 21.9 Å². The van der Waals surface area contributed by atoms with Crippen molar-refractivity contribution in [3.05, 3.63) is 35.5 Å². The van der Waals surface area contributed by atoms with E-state index in [-0.39, 0.29) is 11.3 Å². The summed E-state index contributed by atoms with van der Waals surface area (Å²) in [5, 5.41) is 21.5. The molecule has 0 aromatic heterocycles. The summed E-state index contributed by atoms with van der Waals surface area (Å²) in [5.41, 5.74) is 2.71. The van der Waals surface area contributed by atoms with Crippen LogP contribution < -0.4 is 0 Å². The van der Waals surface area contributed by atoms with Crippen molar-refractivity contribution in [2.75, 3.05) is 0 Å². The summed E-state index contributed by atoms with van der Waals surface area (Å²) in [6.45, 7) is 12.3. The second-order valence-electron chi connectivity index (χ2n) is 8.16. The minimum absolute atomic E-state index is 0.0162. The predicted molar refractivity (Wildman–Crippen MR) is 92.6 cm³/mol. The van der Waals surface area contributed by atoms with Crippen molar-refractivity contribution in [2.24, 2.45) is 11.3 Å². The van der Waals surface area contributed by atoms with Gasteiger partial charge < -0.3 is 10.2 Å². The van der Waals surface area contributed by atoms with Gasteiger partial charge in [0.25, 0.3) is 0 Å². The minimum atomic E-state index is -0.863. The number of rotatable bonds is 1. The third kappa shape index (κ3) is 3.72. The summed E-state index contributed by atoms with van der Waals surface area (Å²) >= 11 is 0. The molecule has 3 unspecified atom stereocenters. The molecule has 2 N–H and O–H groups in total. The molecule has 2 heteroatoms. The number of hydrogen-bond donors (Lipinski definition) is 2. The molecule has 124 valence electrons. The molecule has 0 fully saturated rings.